The Labute approximate surface area is 105 Å². The van der Waals surface area contributed by atoms with Gasteiger partial charge in [0, 0.05) is 13.0 Å². The molecule has 0 saturated heterocycles. The Kier molecular flexibility index (Phi) is 3.45. The third kappa shape index (κ3) is 1.90. The number of carbonyl (C=O) groups is 1. The Morgan fingerprint density at radius 1 is 1.56 bits per heavy atom. The normalized spacial score (nSPS) is 16.9. The molecule has 0 amide bonds. The molecular weight excluding hydrogens is 232 g/mol. The number of aromatic nitrogens is 3. The third-order valence-electron chi connectivity index (χ3n) is 2.76. The maximum Gasteiger partial charge on any atom is 0.293 e. The molecule has 3 heterocycles. The number of hydrogen-bond donors (Lipinski definition) is 1. The topological polar surface area (TPSA) is 83.0 Å². The Hall–Kier alpha value is -2.11. The van der Waals surface area contributed by atoms with Crippen LogP contribution < -0.4 is 5.73 Å². The summed E-state index contributed by atoms with van der Waals surface area (Å²) in [6, 6.07) is 1.77. The van der Waals surface area contributed by atoms with Crippen LogP contribution in [0.5, 0.6) is 0 Å². The van der Waals surface area contributed by atoms with Gasteiger partial charge in [0.25, 0.3) is 6.47 Å². The number of rotatable bonds is 2. The lowest BCUT2D eigenvalue weighted by Crippen LogP contribution is -1.99. The summed E-state index contributed by atoms with van der Waals surface area (Å²) in [6.45, 7) is 5.22. The van der Waals surface area contributed by atoms with Crippen LogP contribution in [0.2, 0.25) is 0 Å². The van der Waals surface area contributed by atoms with E-state index in [2.05, 4.69) is 9.97 Å². The molecule has 0 aromatic carbocycles. The van der Waals surface area contributed by atoms with Gasteiger partial charge in [-0.25, -0.2) is 9.97 Å². The fourth-order valence-electron chi connectivity index (χ4n) is 2.08. The lowest BCUT2D eigenvalue weighted by Gasteiger charge is -2.03. The Morgan fingerprint density at radius 2 is 2.33 bits per heavy atom. The number of carbonyl (C=O) groups excluding carboxylic acids is 1. The first kappa shape index (κ1) is 12.3. The van der Waals surface area contributed by atoms with E-state index in [1.165, 1.54) is 0 Å². The number of aryl methyl sites for hydroxylation is 1. The van der Waals surface area contributed by atoms with Crippen LogP contribution >= 0.6 is 0 Å². The highest BCUT2D eigenvalue weighted by Crippen LogP contribution is 2.31. The molecule has 3 rings (SSSR count). The molecule has 1 atom stereocenters. The second-order valence-electron chi connectivity index (χ2n) is 3.74. The van der Waals surface area contributed by atoms with E-state index >= 15 is 0 Å². The fourth-order valence-corrected chi connectivity index (χ4v) is 2.08. The molecule has 18 heavy (non-hydrogen) atoms. The molecule has 96 valence electrons. The Balaban J connectivity index is 0.000000574. The minimum atomic E-state index is -0.257. The van der Waals surface area contributed by atoms with Gasteiger partial charge in [-0.1, -0.05) is 13.8 Å². The highest BCUT2D eigenvalue weighted by Gasteiger charge is 2.28. The van der Waals surface area contributed by atoms with Crippen molar-refractivity contribution in [2.75, 3.05) is 5.73 Å². The first-order valence-electron chi connectivity index (χ1n) is 6.00. The zero-order chi connectivity index (χ0) is 13.1. The quantitative estimate of drug-likeness (QED) is 0.817. The molecule has 2 N–H and O–H groups in total. The predicted molar refractivity (Wildman–Crippen MR) is 67.8 cm³/mol. The highest BCUT2D eigenvalue weighted by molar-refractivity contribution is 5.75. The van der Waals surface area contributed by atoms with E-state index in [1.807, 2.05) is 18.4 Å². The van der Waals surface area contributed by atoms with Gasteiger partial charge in [-0.3, -0.25) is 4.79 Å². The molecule has 1 aliphatic heterocycles. The van der Waals surface area contributed by atoms with Crippen molar-refractivity contribution in [2.45, 2.75) is 32.9 Å². The van der Waals surface area contributed by atoms with Gasteiger partial charge < -0.3 is 15.0 Å². The number of hydrogen-bond acceptors (Lipinski definition) is 5. The Morgan fingerprint density at radius 3 is 3.06 bits per heavy atom. The molecule has 0 radical (unpaired) electrons. The van der Waals surface area contributed by atoms with Gasteiger partial charge in [0.1, 0.15) is 5.52 Å². The number of fused-ring (bicyclic) bond motifs is 3. The molecule has 2 aromatic heterocycles. The number of nitrogens with zero attached hydrogens (tertiary/aromatic N) is 3. The maximum absolute atomic E-state index is 10.3. The molecule has 0 spiro atoms. The number of ether oxygens (including phenoxy) is 1. The van der Waals surface area contributed by atoms with Gasteiger partial charge >= 0.3 is 0 Å². The number of imidazole rings is 1. The molecule has 0 bridgehead atoms. The van der Waals surface area contributed by atoms with E-state index in [0.717, 1.165) is 30.0 Å². The standard InChI is InChI=1S/C10H10N4O2.C2H6/c11-6-3-7-9(12-4-6)14-2-1-8(16-5-15)10(14)13-7;1-2/h3-5,8H,1-2,11H2;1-2H3. The molecule has 0 fully saturated rings. The van der Waals surface area contributed by atoms with Gasteiger partial charge in [-0.15, -0.1) is 0 Å². The summed E-state index contributed by atoms with van der Waals surface area (Å²) in [7, 11) is 0. The van der Waals surface area contributed by atoms with Crippen LogP contribution in [0.25, 0.3) is 11.2 Å². The van der Waals surface area contributed by atoms with E-state index in [-0.39, 0.29) is 6.10 Å². The smallest absolute Gasteiger partial charge is 0.293 e. The van der Waals surface area contributed by atoms with Crippen molar-refractivity contribution in [3.05, 3.63) is 18.1 Å². The maximum atomic E-state index is 10.3. The van der Waals surface area contributed by atoms with E-state index in [1.54, 1.807) is 12.3 Å². The van der Waals surface area contributed by atoms with Crippen molar-refractivity contribution in [3.8, 4) is 0 Å². The largest absolute Gasteiger partial charge is 0.456 e. The summed E-state index contributed by atoms with van der Waals surface area (Å²) in [5.74, 6) is 0.750. The molecule has 1 aliphatic rings. The van der Waals surface area contributed by atoms with Crippen molar-refractivity contribution in [2.24, 2.45) is 0 Å². The summed E-state index contributed by atoms with van der Waals surface area (Å²) in [5, 5.41) is 0. The molecule has 2 aromatic rings. The van der Waals surface area contributed by atoms with Crippen LogP contribution in [0, 0.1) is 0 Å². The van der Waals surface area contributed by atoms with Gasteiger partial charge in [-0.05, 0) is 6.07 Å². The zero-order valence-electron chi connectivity index (χ0n) is 10.5. The average molecular weight is 248 g/mol. The summed E-state index contributed by atoms with van der Waals surface area (Å²) >= 11 is 0. The van der Waals surface area contributed by atoms with Crippen molar-refractivity contribution in [1.82, 2.24) is 14.5 Å². The Bertz CT molecular complexity index is 564. The first-order chi connectivity index (χ1) is 8.79. The van der Waals surface area contributed by atoms with Crippen LogP contribution in [0.1, 0.15) is 32.2 Å². The minimum Gasteiger partial charge on any atom is -0.456 e. The van der Waals surface area contributed by atoms with Crippen molar-refractivity contribution in [1.29, 1.82) is 0 Å². The van der Waals surface area contributed by atoms with E-state index < -0.39 is 0 Å². The first-order valence-corrected chi connectivity index (χ1v) is 6.00. The van der Waals surface area contributed by atoms with Gasteiger partial charge in [0.05, 0.1) is 11.9 Å². The zero-order valence-corrected chi connectivity index (χ0v) is 10.5. The van der Waals surface area contributed by atoms with Crippen LogP contribution in [-0.2, 0) is 16.1 Å². The van der Waals surface area contributed by atoms with Crippen molar-refractivity contribution < 1.29 is 9.53 Å². The van der Waals surface area contributed by atoms with Gasteiger partial charge in [-0.2, -0.15) is 0 Å². The van der Waals surface area contributed by atoms with Crippen LogP contribution in [0.4, 0.5) is 5.69 Å². The predicted octanol–water partition coefficient (Wildman–Crippen LogP) is 1.66. The van der Waals surface area contributed by atoms with Crippen molar-refractivity contribution >= 4 is 23.3 Å². The van der Waals surface area contributed by atoms with Crippen LogP contribution in [0.3, 0.4) is 0 Å². The summed E-state index contributed by atoms with van der Waals surface area (Å²) in [6.07, 6.45) is 2.10. The second-order valence-corrected chi connectivity index (χ2v) is 3.74. The van der Waals surface area contributed by atoms with E-state index in [4.69, 9.17) is 10.5 Å². The number of nitrogens with two attached hydrogens (primary N) is 1. The van der Waals surface area contributed by atoms with Gasteiger partial charge in [0.15, 0.2) is 17.6 Å². The third-order valence-corrected chi connectivity index (χ3v) is 2.76. The van der Waals surface area contributed by atoms with Crippen LogP contribution in [0.15, 0.2) is 12.3 Å². The van der Waals surface area contributed by atoms with E-state index in [0.29, 0.717) is 12.2 Å². The summed E-state index contributed by atoms with van der Waals surface area (Å²) in [5.41, 5.74) is 7.75. The molecule has 6 nitrogen and oxygen atoms in total. The monoisotopic (exact) mass is 248 g/mol. The average Bonchev–Trinajstić information content (AvgIpc) is 2.92. The minimum absolute atomic E-state index is 0.257. The van der Waals surface area contributed by atoms with Crippen molar-refractivity contribution in [3.63, 3.8) is 0 Å². The number of anilines is 1. The lowest BCUT2D eigenvalue weighted by molar-refractivity contribution is -0.133. The highest BCUT2D eigenvalue weighted by atomic mass is 16.5. The van der Waals surface area contributed by atoms with Gasteiger partial charge in [0.2, 0.25) is 0 Å². The molecule has 1 unspecified atom stereocenters. The molecular formula is C12H16N4O2. The molecule has 6 heteroatoms. The second kappa shape index (κ2) is 5.03. The number of pyridine rings is 1. The molecule has 0 saturated carbocycles. The number of nitrogen functional groups attached to an aromatic ring is 1. The summed E-state index contributed by atoms with van der Waals surface area (Å²) in [4.78, 5) is 19.0. The molecule has 0 aliphatic carbocycles. The summed E-state index contributed by atoms with van der Waals surface area (Å²) < 4.78 is 6.93. The fraction of sp³-hybridized carbons (Fsp3) is 0.417. The SMILES string of the molecule is CC.Nc1cnc2c(c1)nc1n2CCC1OC=O. The van der Waals surface area contributed by atoms with E-state index in [9.17, 15) is 4.79 Å². The van der Waals surface area contributed by atoms with Crippen LogP contribution in [-0.4, -0.2) is 21.0 Å². The lowest BCUT2D eigenvalue weighted by atomic mass is 10.3.